The lowest BCUT2D eigenvalue weighted by molar-refractivity contribution is -0.385. The van der Waals surface area contributed by atoms with Gasteiger partial charge in [0, 0.05) is 23.7 Å². The fourth-order valence-corrected chi connectivity index (χ4v) is 2.81. The van der Waals surface area contributed by atoms with Crippen LogP contribution in [-0.4, -0.2) is 22.9 Å². The van der Waals surface area contributed by atoms with Crippen molar-refractivity contribution < 1.29 is 9.72 Å². The molecule has 0 radical (unpaired) electrons. The summed E-state index contributed by atoms with van der Waals surface area (Å²) < 4.78 is 0. The summed E-state index contributed by atoms with van der Waals surface area (Å²) in [5, 5.41) is 13.9. The maximum Gasteiger partial charge on any atom is 0.273 e. The molecule has 0 spiro atoms. The van der Waals surface area contributed by atoms with Crippen LogP contribution in [0.2, 0.25) is 0 Å². The van der Waals surface area contributed by atoms with Gasteiger partial charge in [-0.3, -0.25) is 14.9 Å². The third-order valence-electron chi connectivity index (χ3n) is 4.08. The summed E-state index contributed by atoms with van der Waals surface area (Å²) in [7, 11) is 0. The number of nitrogens with zero attached hydrogens (tertiary/aromatic N) is 1. The molecule has 3 N–H and O–H groups in total. The average Bonchev–Trinajstić information content (AvgIpc) is 2.87. The van der Waals surface area contributed by atoms with Crippen LogP contribution in [0.1, 0.15) is 41.6 Å². The van der Waals surface area contributed by atoms with Gasteiger partial charge >= 0.3 is 0 Å². The quantitative estimate of drug-likeness (QED) is 0.648. The Bertz CT molecular complexity index is 536. The van der Waals surface area contributed by atoms with Gasteiger partial charge in [0.15, 0.2) is 0 Å². The second kappa shape index (κ2) is 5.58. The minimum Gasteiger partial charge on any atom is -0.345 e. The number of carbonyl (C=O) groups excluding carboxylic acids is 1. The molecule has 0 atom stereocenters. The number of hydrogen-bond acceptors (Lipinski definition) is 4. The fourth-order valence-electron chi connectivity index (χ4n) is 2.81. The number of nitro groups is 1. The highest BCUT2D eigenvalue weighted by Gasteiger charge is 2.34. The fraction of sp³-hybridized carbons (Fsp3) is 0.500. The first kappa shape index (κ1) is 14.5. The Kier molecular flexibility index (Phi) is 4.04. The zero-order valence-corrected chi connectivity index (χ0v) is 11.5. The van der Waals surface area contributed by atoms with Crippen LogP contribution < -0.4 is 11.1 Å². The van der Waals surface area contributed by atoms with Crippen molar-refractivity contribution >= 4 is 11.6 Å². The Morgan fingerprint density at radius 1 is 1.45 bits per heavy atom. The average molecular weight is 277 g/mol. The topological polar surface area (TPSA) is 98.3 Å². The lowest BCUT2D eigenvalue weighted by atomic mass is 9.96. The van der Waals surface area contributed by atoms with E-state index in [4.69, 9.17) is 5.73 Å². The number of benzene rings is 1. The van der Waals surface area contributed by atoms with Crippen LogP contribution >= 0.6 is 0 Å². The van der Waals surface area contributed by atoms with Crippen molar-refractivity contribution in [2.75, 3.05) is 6.54 Å². The van der Waals surface area contributed by atoms with Crippen molar-refractivity contribution in [1.29, 1.82) is 0 Å². The summed E-state index contributed by atoms with van der Waals surface area (Å²) in [4.78, 5) is 22.8. The Hall–Kier alpha value is -1.95. The standard InChI is InChI=1S/C14H19N3O3/c1-10-11(5-4-6-12(10)17(19)20)13(18)16-14(9-15)7-2-3-8-14/h4-6H,2-3,7-9,15H2,1H3,(H,16,18). The Balaban J connectivity index is 2.25. The minimum atomic E-state index is -0.472. The predicted octanol–water partition coefficient (Wildman–Crippen LogP) is 1.90. The van der Waals surface area contributed by atoms with Crippen LogP contribution in [0.25, 0.3) is 0 Å². The third-order valence-corrected chi connectivity index (χ3v) is 4.08. The summed E-state index contributed by atoms with van der Waals surface area (Å²) in [6.45, 7) is 1.99. The Labute approximate surface area is 117 Å². The van der Waals surface area contributed by atoms with E-state index in [1.165, 1.54) is 12.1 Å². The van der Waals surface area contributed by atoms with Crippen molar-refractivity contribution in [3.63, 3.8) is 0 Å². The van der Waals surface area contributed by atoms with E-state index in [-0.39, 0.29) is 17.1 Å². The van der Waals surface area contributed by atoms with Gasteiger partial charge in [-0.2, -0.15) is 0 Å². The van der Waals surface area contributed by atoms with E-state index < -0.39 is 4.92 Å². The smallest absolute Gasteiger partial charge is 0.273 e. The van der Waals surface area contributed by atoms with Gasteiger partial charge in [-0.25, -0.2) is 0 Å². The van der Waals surface area contributed by atoms with Crippen LogP contribution in [-0.2, 0) is 0 Å². The number of carbonyl (C=O) groups is 1. The molecular weight excluding hydrogens is 258 g/mol. The van der Waals surface area contributed by atoms with Gasteiger partial charge in [0.2, 0.25) is 0 Å². The van der Waals surface area contributed by atoms with E-state index in [2.05, 4.69) is 5.32 Å². The highest BCUT2D eigenvalue weighted by Crippen LogP contribution is 2.29. The molecule has 1 amide bonds. The Morgan fingerprint density at radius 3 is 2.65 bits per heavy atom. The molecule has 0 aliphatic heterocycles. The molecule has 0 unspecified atom stereocenters. The van der Waals surface area contributed by atoms with E-state index in [0.717, 1.165) is 25.7 Å². The molecule has 1 fully saturated rings. The summed E-state index contributed by atoms with van der Waals surface area (Å²) in [5.74, 6) is -0.279. The molecule has 0 heterocycles. The maximum absolute atomic E-state index is 12.4. The van der Waals surface area contributed by atoms with Crippen LogP contribution in [0.3, 0.4) is 0 Å². The van der Waals surface area contributed by atoms with Gasteiger partial charge in [-0.1, -0.05) is 18.9 Å². The van der Waals surface area contributed by atoms with E-state index in [9.17, 15) is 14.9 Å². The SMILES string of the molecule is Cc1c(C(=O)NC2(CN)CCCC2)cccc1[N+](=O)[O-]. The molecule has 2 rings (SSSR count). The number of hydrogen-bond donors (Lipinski definition) is 2. The van der Waals surface area contributed by atoms with Gasteiger partial charge < -0.3 is 11.1 Å². The molecule has 0 aromatic heterocycles. The predicted molar refractivity (Wildman–Crippen MR) is 75.6 cm³/mol. The zero-order valence-electron chi connectivity index (χ0n) is 11.5. The molecule has 6 nitrogen and oxygen atoms in total. The maximum atomic E-state index is 12.4. The molecule has 6 heteroatoms. The molecule has 1 aromatic rings. The second-order valence-electron chi connectivity index (χ2n) is 5.35. The molecule has 1 aliphatic carbocycles. The van der Waals surface area contributed by atoms with Gasteiger partial charge in [0.1, 0.15) is 0 Å². The molecule has 1 saturated carbocycles. The summed E-state index contributed by atoms with van der Waals surface area (Å²) in [6.07, 6.45) is 3.82. The van der Waals surface area contributed by atoms with Crippen molar-refractivity contribution in [1.82, 2.24) is 5.32 Å². The second-order valence-corrected chi connectivity index (χ2v) is 5.35. The van der Waals surface area contributed by atoms with E-state index >= 15 is 0 Å². The van der Waals surface area contributed by atoms with Crippen molar-refractivity contribution in [3.8, 4) is 0 Å². The molecule has 1 aliphatic rings. The number of nitrogens with one attached hydrogen (secondary N) is 1. The van der Waals surface area contributed by atoms with Gasteiger partial charge in [0.05, 0.1) is 10.5 Å². The number of rotatable bonds is 4. The number of amides is 1. The first-order chi connectivity index (χ1) is 9.49. The van der Waals surface area contributed by atoms with E-state index in [1.54, 1.807) is 13.0 Å². The lowest BCUT2D eigenvalue weighted by Gasteiger charge is -2.29. The lowest BCUT2D eigenvalue weighted by Crippen LogP contribution is -2.51. The van der Waals surface area contributed by atoms with Crippen molar-refractivity contribution in [2.24, 2.45) is 5.73 Å². The van der Waals surface area contributed by atoms with Gasteiger partial charge in [-0.05, 0) is 25.8 Å². The monoisotopic (exact) mass is 277 g/mol. The van der Waals surface area contributed by atoms with Crippen molar-refractivity contribution in [2.45, 2.75) is 38.1 Å². The number of nitrogens with two attached hydrogens (primary N) is 1. The first-order valence-electron chi connectivity index (χ1n) is 6.76. The molecular formula is C14H19N3O3. The highest BCUT2D eigenvalue weighted by molar-refractivity contribution is 5.97. The Morgan fingerprint density at radius 2 is 2.10 bits per heavy atom. The first-order valence-corrected chi connectivity index (χ1v) is 6.76. The van der Waals surface area contributed by atoms with Crippen molar-refractivity contribution in [3.05, 3.63) is 39.4 Å². The van der Waals surface area contributed by atoms with Crippen LogP contribution in [0.15, 0.2) is 18.2 Å². The van der Waals surface area contributed by atoms with Gasteiger partial charge in [-0.15, -0.1) is 0 Å². The summed E-state index contributed by atoms with van der Waals surface area (Å²) in [6, 6.07) is 4.54. The van der Waals surface area contributed by atoms with Crippen LogP contribution in [0.5, 0.6) is 0 Å². The normalized spacial score (nSPS) is 16.9. The van der Waals surface area contributed by atoms with Gasteiger partial charge in [0.25, 0.3) is 11.6 Å². The zero-order chi connectivity index (χ0) is 14.8. The van der Waals surface area contributed by atoms with E-state index in [0.29, 0.717) is 17.7 Å². The number of nitro benzene ring substituents is 1. The minimum absolute atomic E-state index is 0.0362. The molecule has 0 bridgehead atoms. The van der Waals surface area contributed by atoms with E-state index in [1.807, 2.05) is 0 Å². The summed E-state index contributed by atoms with van der Waals surface area (Å²) >= 11 is 0. The summed E-state index contributed by atoms with van der Waals surface area (Å²) in [5.41, 5.74) is 6.13. The van der Waals surface area contributed by atoms with Crippen LogP contribution in [0.4, 0.5) is 5.69 Å². The largest absolute Gasteiger partial charge is 0.345 e. The third kappa shape index (κ3) is 2.65. The molecule has 20 heavy (non-hydrogen) atoms. The van der Waals surface area contributed by atoms with Crippen LogP contribution in [0, 0.1) is 17.0 Å². The molecule has 108 valence electrons. The molecule has 1 aromatic carbocycles. The molecule has 0 saturated heterocycles. The highest BCUT2D eigenvalue weighted by atomic mass is 16.6.